The molecule has 0 amide bonds. The molecule has 29 heavy (non-hydrogen) atoms. The summed E-state index contributed by atoms with van der Waals surface area (Å²) in [5.74, 6) is 0. The lowest BCUT2D eigenvalue weighted by Gasteiger charge is -2.34. The maximum absolute atomic E-state index is 13.3. The van der Waals surface area contributed by atoms with Crippen molar-refractivity contribution in [3.8, 4) is 0 Å². The van der Waals surface area contributed by atoms with Gasteiger partial charge in [-0.1, -0.05) is 23.9 Å². The fourth-order valence-electron chi connectivity index (χ4n) is 4.35. The first-order valence-corrected chi connectivity index (χ1v) is 10.7. The van der Waals surface area contributed by atoms with Crippen LogP contribution in [-0.2, 0) is 6.18 Å². The van der Waals surface area contributed by atoms with Crippen LogP contribution >= 0.6 is 24.2 Å². The van der Waals surface area contributed by atoms with Gasteiger partial charge in [0, 0.05) is 35.0 Å². The molecular weight excluding hydrogens is 417 g/mol. The van der Waals surface area contributed by atoms with Crippen LogP contribution in [0.5, 0.6) is 0 Å². The predicted molar refractivity (Wildman–Crippen MR) is 116 cm³/mol. The van der Waals surface area contributed by atoms with Crippen molar-refractivity contribution < 1.29 is 13.2 Å². The number of hydrogen-bond acceptors (Lipinski definition) is 3. The van der Waals surface area contributed by atoms with E-state index in [9.17, 15) is 13.2 Å². The Morgan fingerprint density at radius 3 is 2.28 bits per heavy atom. The smallest absolute Gasteiger partial charge is 0.340 e. The molecule has 2 aliphatic rings. The maximum Gasteiger partial charge on any atom is 0.416 e. The van der Waals surface area contributed by atoms with Gasteiger partial charge in [-0.2, -0.15) is 13.2 Å². The summed E-state index contributed by atoms with van der Waals surface area (Å²) in [6.07, 6.45) is -0.962. The number of likely N-dealkylation sites (tertiary alicyclic amines) is 1. The van der Waals surface area contributed by atoms with Gasteiger partial charge in [0.1, 0.15) is 0 Å². The van der Waals surface area contributed by atoms with E-state index in [2.05, 4.69) is 23.6 Å². The third-order valence-corrected chi connectivity index (χ3v) is 7.02. The number of hydrogen-bond donors (Lipinski definition) is 0. The molecule has 7 heteroatoms. The number of alkyl halides is 3. The molecule has 2 aromatic carbocycles. The topological polar surface area (TPSA) is 6.48 Å². The Bertz CT molecular complexity index is 848. The zero-order valence-electron chi connectivity index (χ0n) is 16.6. The Hall–Kier alpha value is -1.37. The molecule has 2 aliphatic heterocycles. The minimum Gasteiger partial charge on any atom is -0.340 e. The summed E-state index contributed by atoms with van der Waals surface area (Å²) in [5, 5.41) is 0. The van der Waals surface area contributed by atoms with Crippen LogP contribution in [0, 0.1) is 0 Å². The molecular formula is C22H26ClF3N2S. The molecule has 0 spiro atoms. The molecule has 2 nitrogen and oxygen atoms in total. The van der Waals surface area contributed by atoms with Crippen molar-refractivity contribution in [2.45, 2.75) is 61.2 Å². The van der Waals surface area contributed by atoms with E-state index in [-0.39, 0.29) is 12.4 Å². The summed E-state index contributed by atoms with van der Waals surface area (Å²) in [7, 11) is 0. The van der Waals surface area contributed by atoms with Crippen molar-refractivity contribution in [1.29, 1.82) is 0 Å². The second-order valence-corrected chi connectivity index (χ2v) is 8.85. The minimum atomic E-state index is -4.33. The monoisotopic (exact) mass is 442 g/mol. The SMILES string of the molecule is CC1CCC(C)N1CCCN1c2ccccc2Sc2ccc(C(F)(F)F)cc21.Cl. The number of para-hydroxylation sites is 1. The van der Waals surface area contributed by atoms with Crippen LogP contribution in [0.15, 0.2) is 52.3 Å². The molecule has 0 radical (unpaired) electrons. The highest BCUT2D eigenvalue weighted by Crippen LogP contribution is 2.49. The Morgan fingerprint density at radius 1 is 0.931 bits per heavy atom. The molecule has 0 aliphatic carbocycles. The molecule has 0 saturated carbocycles. The van der Waals surface area contributed by atoms with E-state index >= 15 is 0 Å². The van der Waals surface area contributed by atoms with Crippen LogP contribution in [0.4, 0.5) is 24.5 Å². The van der Waals surface area contributed by atoms with Crippen LogP contribution < -0.4 is 4.90 Å². The molecule has 2 unspecified atom stereocenters. The first kappa shape index (κ1) is 22.3. The van der Waals surface area contributed by atoms with Crippen molar-refractivity contribution in [2.75, 3.05) is 18.0 Å². The molecule has 2 atom stereocenters. The van der Waals surface area contributed by atoms with Gasteiger partial charge in [-0.3, -0.25) is 4.90 Å². The Kier molecular flexibility index (Phi) is 6.76. The van der Waals surface area contributed by atoms with E-state index in [0.29, 0.717) is 24.3 Å². The van der Waals surface area contributed by atoms with E-state index in [4.69, 9.17) is 0 Å². The lowest BCUT2D eigenvalue weighted by molar-refractivity contribution is -0.137. The lowest BCUT2D eigenvalue weighted by Crippen LogP contribution is -2.35. The van der Waals surface area contributed by atoms with Gasteiger partial charge in [0.25, 0.3) is 0 Å². The number of halogens is 4. The fourth-order valence-corrected chi connectivity index (χ4v) is 5.42. The number of fused-ring (bicyclic) bond motifs is 2. The van der Waals surface area contributed by atoms with Gasteiger partial charge in [0.2, 0.25) is 0 Å². The van der Waals surface area contributed by atoms with Crippen molar-refractivity contribution >= 4 is 35.5 Å². The second-order valence-electron chi connectivity index (χ2n) is 7.77. The predicted octanol–water partition coefficient (Wildman–Crippen LogP) is 6.99. The standard InChI is InChI=1S/C22H25F3N2S.ClH/c1-15-8-9-16(2)26(15)12-5-13-27-18-6-3-4-7-20(18)28-21-11-10-17(14-19(21)27)22(23,24)25;/h3-4,6-7,10-11,14-16H,5,8-9,12-13H2,1-2H3;1H. The summed E-state index contributed by atoms with van der Waals surface area (Å²) in [6, 6.07) is 13.3. The van der Waals surface area contributed by atoms with Crippen LogP contribution in [0.3, 0.4) is 0 Å². The van der Waals surface area contributed by atoms with E-state index in [1.807, 2.05) is 24.3 Å². The van der Waals surface area contributed by atoms with E-state index in [0.717, 1.165) is 28.4 Å². The molecule has 1 fully saturated rings. The first-order valence-electron chi connectivity index (χ1n) is 9.86. The van der Waals surface area contributed by atoms with Crippen LogP contribution in [0.1, 0.15) is 38.7 Å². The minimum absolute atomic E-state index is 0. The lowest BCUT2D eigenvalue weighted by atomic mass is 10.1. The Labute approximate surface area is 180 Å². The van der Waals surface area contributed by atoms with Crippen molar-refractivity contribution in [3.05, 3.63) is 48.0 Å². The van der Waals surface area contributed by atoms with Crippen LogP contribution in [0.2, 0.25) is 0 Å². The van der Waals surface area contributed by atoms with Gasteiger partial charge >= 0.3 is 6.18 Å². The van der Waals surface area contributed by atoms with Crippen LogP contribution in [-0.4, -0.2) is 30.1 Å². The summed E-state index contributed by atoms with van der Waals surface area (Å²) in [4.78, 5) is 6.58. The molecule has 2 heterocycles. The van der Waals surface area contributed by atoms with Gasteiger partial charge in [-0.05, 0) is 63.4 Å². The Morgan fingerprint density at radius 2 is 1.59 bits per heavy atom. The van der Waals surface area contributed by atoms with Gasteiger partial charge in [0.15, 0.2) is 0 Å². The second kappa shape index (κ2) is 8.78. The molecule has 4 rings (SSSR count). The number of nitrogens with zero attached hydrogens (tertiary/aromatic N) is 2. The van der Waals surface area contributed by atoms with Gasteiger partial charge in [-0.15, -0.1) is 12.4 Å². The van der Waals surface area contributed by atoms with Gasteiger partial charge in [0.05, 0.1) is 16.9 Å². The quantitative estimate of drug-likeness (QED) is 0.503. The van der Waals surface area contributed by atoms with Crippen molar-refractivity contribution in [2.24, 2.45) is 0 Å². The summed E-state index contributed by atoms with van der Waals surface area (Å²) in [5.41, 5.74) is 1.08. The van der Waals surface area contributed by atoms with Crippen molar-refractivity contribution in [1.82, 2.24) is 4.90 Å². The number of benzene rings is 2. The molecule has 0 N–H and O–H groups in total. The Balaban J connectivity index is 0.00000240. The highest BCUT2D eigenvalue weighted by Gasteiger charge is 2.33. The molecule has 158 valence electrons. The van der Waals surface area contributed by atoms with Crippen LogP contribution in [0.25, 0.3) is 0 Å². The largest absolute Gasteiger partial charge is 0.416 e. The first-order chi connectivity index (χ1) is 13.3. The number of anilines is 2. The molecule has 0 aromatic heterocycles. The molecule has 2 aromatic rings. The van der Waals surface area contributed by atoms with Gasteiger partial charge in [-0.25, -0.2) is 0 Å². The average molecular weight is 443 g/mol. The van der Waals surface area contributed by atoms with Gasteiger partial charge < -0.3 is 4.90 Å². The zero-order valence-corrected chi connectivity index (χ0v) is 18.2. The zero-order chi connectivity index (χ0) is 19.9. The summed E-state index contributed by atoms with van der Waals surface area (Å²) < 4.78 is 39.9. The van der Waals surface area contributed by atoms with E-state index in [1.165, 1.54) is 25.0 Å². The normalized spacial score (nSPS) is 21.5. The third kappa shape index (κ3) is 4.54. The highest BCUT2D eigenvalue weighted by atomic mass is 35.5. The fraction of sp³-hybridized carbons (Fsp3) is 0.455. The molecule has 1 saturated heterocycles. The van der Waals surface area contributed by atoms with E-state index in [1.54, 1.807) is 17.8 Å². The average Bonchev–Trinajstić information content (AvgIpc) is 2.98. The van der Waals surface area contributed by atoms with E-state index < -0.39 is 11.7 Å². The third-order valence-electron chi connectivity index (χ3n) is 5.89. The van der Waals surface area contributed by atoms with Crippen molar-refractivity contribution in [3.63, 3.8) is 0 Å². The highest BCUT2D eigenvalue weighted by molar-refractivity contribution is 7.99. The summed E-state index contributed by atoms with van der Waals surface area (Å²) in [6.45, 7) is 6.22. The summed E-state index contributed by atoms with van der Waals surface area (Å²) >= 11 is 1.55. The number of rotatable bonds is 4. The molecule has 0 bridgehead atoms. The maximum atomic E-state index is 13.3.